The summed E-state index contributed by atoms with van der Waals surface area (Å²) in [7, 11) is 0. The minimum Gasteiger partial charge on any atom is -0.434 e. The van der Waals surface area contributed by atoms with Crippen molar-refractivity contribution in [2.75, 3.05) is 13.2 Å². The van der Waals surface area contributed by atoms with E-state index in [4.69, 9.17) is 18.9 Å². The van der Waals surface area contributed by atoms with Gasteiger partial charge in [-0.1, -0.05) is 292 Å². The molecule has 76 heavy (non-hydrogen) atoms. The van der Waals surface area contributed by atoms with E-state index in [9.17, 15) is 9.59 Å². The van der Waals surface area contributed by atoms with Crippen molar-refractivity contribution in [1.82, 2.24) is 0 Å². The summed E-state index contributed by atoms with van der Waals surface area (Å²) in [6.07, 6.45) is 39.6. The fourth-order valence-corrected chi connectivity index (χ4v) is 11.4. The molecule has 0 aliphatic rings. The summed E-state index contributed by atoms with van der Waals surface area (Å²) in [4.78, 5) is 27.6. The number of unbranched alkanes of at least 4 members (excludes halogenated alkanes) is 28. The van der Waals surface area contributed by atoms with Crippen LogP contribution in [0.25, 0.3) is 54.2 Å². The average Bonchev–Trinajstić information content (AvgIpc) is 3.46. The lowest BCUT2D eigenvalue weighted by Gasteiger charge is -2.22. The number of rotatable bonds is 39. The topological polar surface area (TPSA) is 71.1 Å². The molecule has 6 aromatic carbocycles. The van der Waals surface area contributed by atoms with E-state index in [0.717, 1.165) is 118 Å². The van der Waals surface area contributed by atoms with Gasteiger partial charge in [0.25, 0.3) is 0 Å². The molecule has 0 saturated carbocycles. The fraction of sp³-hybridized carbons (Fsp3) is 0.571. The van der Waals surface area contributed by atoms with Gasteiger partial charge in [-0.25, -0.2) is 9.59 Å². The van der Waals surface area contributed by atoms with Crippen LogP contribution in [0.2, 0.25) is 0 Å². The Morgan fingerprint density at radius 3 is 0.908 bits per heavy atom. The van der Waals surface area contributed by atoms with Crippen LogP contribution in [0.1, 0.15) is 244 Å². The lowest BCUT2D eigenvalue weighted by molar-refractivity contribution is 0.0972. The Kier molecular flexibility index (Phi) is 28.0. The van der Waals surface area contributed by atoms with Crippen molar-refractivity contribution in [3.8, 4) is 22.6 Å². The standard InChI is InChI=1S/C70H98O6/c1-5-9-13-17-21-23-25-27-31-39-51-73-69(71)75-67-59-45-37-35-43-57(59)65(63-53-55(47-49-61(63)67)41-33-29-19-15-11-7-3)66-58-44-36-38-46-60(58)68(62-50-48-56(54-64(62)66)42-34-30-20-16-12-8-4)76-70(72)74-52-40-32-28-26-24-22-18-14-10-6-2/h35-38,43-50,53-54H,5-34,39-42,51-52H2,1-4H3. The summed E-state index contributed by atoms with van der Waals surface area (Å²) in [6.45, 7) is 9.74. The highest BCUT2D eigenvalue weighted by atomic mass is 16.7. The van der Waals surface area contributed by atoms with Crippen LogP contribution in [0.4, 0.5) is 9.59 Å². The molecule has 0 atom stereocenters. The SMILES string of the molecule is CCCCCCCCCCCCOC(=O)Oc1c2ccccc2c(-c2c3ccccc3c(OC(=O)OCCCCCCCCCCCC)c3ccc(CCCCCCCC)cc23)c2cc(CCCCCCCC)ccc12. The van der Waals surface area contributed by atoms with Gasteiger partial charge in [-0.3, -0.25) is 0 Å². The maximum absolute atomic E-state index is 13.8. The largest absolute Gasteiger partial charge is 0.513 e. The van der Waals surface area contributed by atoms with E-state index in [1.54, 1.807) is 0 Å². The highest BCUT2D eigenvalue weighted by Gasteiger charge is 2.25. The average molecular weight is 1040 g/mol. The molecule has 0 aliphatic heterocycles. The predicted molar refractivity (Wildman–Crippen MR) is 324 cm³/mol. The molecule has 0 N–H and O–H groups in total. The van der Waals surface area contributed by atoms with Gasteiger partial charge >= 0.3 is 12.3 Å². The number of benzene rings is 6. The second kappa shape index (κ2) is 35.3. The van der Waals surface area contributed by atoms with Gasteiger partial charge in [0.15, 0.2) is 0 Å². The van der Waals surface area contributed by atoms with Crippen molar-refractivity contribution in [1.29, 1.82) is 0 Å². The van der Waals surface area contributed by atoms with E-state index in [-0.39, 0.29) is 0 Å². The quantitative estimate of drug-likeness (QED) is 0.0166. The third-order valence-electron chi connectivity index (χ3n) is 15.8. The molecule has 0 amide bonds. The molecule has 0 unspecified atom stereocenters. The van der Waals surface area contributed by atoms with Crippen molar-refractivity contribution < 1.29 is 28.5 Å². The number of ether oxygens (including phenoxy) is 4. The molecule has 0 aromatic heterocycles. The first-order chi connectivity index (χ1) is 37.5. The van der Waals surface area contributed by atoms with Gasteiger partial charge in [0, 0.05) is 21.5 Å². The summed E-state index contributed by atoms with van der Waals surface area (Å²) in [5.41, 5.74) is 4.68. The van der Waals surface area contributed by atoms with Gasteiger partial charge < -0.3 is 18.9 Å². The highest BCUT2D eigenvalue weighted by molar-refractivity contribution is 6.27. The fourth-order valence-electron chi connectivity index (χ4n) is 11.4. The molecule has 414 valence electrons. The molecule has 0 saturated heterocycles. The lowest BCUT2D eigenvalue weighted by Crippen LogP contribution is -2.12. The molecular weight excluding hydrogens is 937 g/mol. The zero-order valence-corrected chi connectivity index (χ0v) is 48.0. The smallest absolute Gasteiger partial charge is 0.434 e. The van der Waals surface area contributed by atoms with Crippen LogP contribution >= 0.6 is 0 Å². The van der Waals surface area contributed by atoms with Crippen LogP contribution in [-0.2, 0) is 22.3 Å². The van der Waals surface area contributed by atoms with Crippen molar-refractivity contribution in [3.05, 3.63) is 96.1 Å². The van der Waals surface area contributed by atoms with Crippen LogP contribution in [0.5, 0.6) is 11.5 Å². The van der Waals surface area contributed by atoms with Crippen molar-refractivity contribution in [3.63, 3.8) is 0 Å². The molecule has 0 radical (unpaired) electrons. The van der Waals surface area contributed by atoms with Gasteiger partial charge in [-0.2, -0.15) is 0 Å². The number of hydrogen-bond donors (Lipinski definition) is 0. The second-order valence-corrected chi connectivity index (χ2v) is 22.1. The number of fused-ring (bicyclic) bond motifs is 4. The van der Waals surface area contributed by atoms with Crippen molar-refractivity contribution in [2.24, 2.45) is 0 Å². The summed E-state index contributed by atoms with van der Waals surface area (Å²) in [5.74, 6) is 1.05. The summed E-state index contributed by atoms with van der Waals surface area (Å²) in [5, 5.41) is 7.46. The van der Waals surface area contributed by atoms with E-state index in [1.165, 1.54) is 165 Å². The molecule has 0 heterocycles. The molecule has 6 heteroatoms. The van der Waals surface area contributed by atoms with Gasteiger partial charge in [0.2, 0.25) is 0 Å². The summed E-state index contributed by atoms with van der Waals surface area (Å²) < 4.78 is 24.4. The van der Waals surface area contributed by atoms with E-state index in [2.05, 4.69) is 100 Å². The van der Waals surface area contributed by atoms with Crippen LogP contribution < -0.4 is 9.47 Å². The number of hydrogen-bond acceptors (Lipinski definition) is 6. The predicted octanol–water partition coefficient (Wildman–Crippen LogP) is 22.6. The molecule has 0 spiro atoms. The van der Waals surface area contributed by atoms with E-state index >= 15 is 0 Å². The molecule has 0 fully saturated rings. The number of carbonyl (C=O) groups is 2. The second-order valence-electron chi connectivity index (χ2n) is 22.1. The Hall–Kier alpha value is -5.10. The monoisotopic (exact) mass is 1030 g/mol. The normalized spacial score (nSPS) is 11.6. The Bertz CT molecular complexity index is 2450. The first-order valence-electron chi connectivity index (χ1n) is 31.1. The van der Waals surface area contributed by atoms with Crippen LogP contribution in [0.3, 0.4) is 0 Å². The van der Waals surface area contributed by atoms with E-state index in [1.807, 2.05) is 12.1 Å². The Morgan fingerprint density at radius 1 is 0.303 bits per heavy atom. The van der Waals surface area contributed by atoms with Gasteiger partial charge in [0.05, 0.1) is 13.2 Å². The van der Waals surface area contributed by atoms with Gasteiger partial charge in [-0.15, -0.1) is 0 Å². The van der Waals surface area contributed by atoms with E-state index < -0.39 is 12.3 Å². The van der Waals surface area contributed by atoms with Gasteiger partial charge in [0.1, 0.15) is 11.5 Å². The minimum atomic E-state index is -0.664. The van der Waals surface area contributed by atoms with Crippen molar-refractivity contribution in [2.45, 2.75) is 246 Å². The Labute approximate surface area is 459 Å². The number of carbonyl (C=O) groups excluding carboxylic acids is 2. The molecule has 0 aliphatic carbocycles. The first-order valence-corrected chi connectivity index (χ1v) is 31.1. The maximum atomic E-state index is 13.8. The minimum absolute atomic E-state index is 0.339. The molecule has 6 aromatic rings. The van der Waals surface area contributed by atoms with Crippen LogP contribution in [0, 0.1) is 0 Å². The number of aryl methyl sites for hydroxylation is 2. The Morgan fingerprint density at radius 2 is 0.579 bits per heavy atom. The molecular formula is C70H98O6. The molecule has 0 bridgehead atoms. The van der Waals surface area contributed by atoms with Crippen LogP contribution in [-0.4, -0.2) is 25.5 Å². The maximum Gasteiger partial charge on any atom is 0.513 e. The summed E-state index contributed by atoms with van der Waals surface area (Å²) >= 11 is 0. The molecule has 6 nitrogen and oxygen atoms in total. The first kappa shape index (κ1) is 60.1. The van der Waals surface area contributed by atoms with Gasteiger partial charge in [-0.05, 0) is 82.3 Å². The lowest BCUT2D eigenvalue weighted by atomic mass is 9.84. The Balaban J connectivity index is 1.36. The van der Waals surface area contributed by atoms with E-state index in [0.29, 0.717) is 24.7 Å². The highest BCUT2D eigenvalue weighted by Crippen LogP contribution is 2.50. The molecule has 6 rings (SSSR count). The zero-order chi connectivity index (χ0) is 53.4. The third kappa shape index (κ3) is 19.1. The summed E-state index contributed by atoms with van der Waals surface area (Å²) in [6, 6.07) is 30.2. The van der Waals surface area contributed by atoms with Crippen molar-refractivity contribution >= 4 is 55.4 Å². The van der Waals surface area contributed by atoms with Crippen LogP contribution in [0.15, 0.2) is 84.9 Å². The third-order valence-corrected chi connectivity index (χ3v) is 15.8. The zero-order valence-electron chi connectivity index (χ0n) is 48.0.